The molecule has 154 valence electrons. The summed E-state index contributed by atoms with van der Waals surface area (Å²) < 4.78 is 10.4. The van der Waals surface area contributed by atoms with E-state index in [4.69, 9.17) is 15.2 Å². The van der Waals surface area contributed by atoms with Crippen LogP contribution in [0.5, 0.6) is 0 Å². The highest BCUT2D eigenvalue weighted by atomic mass is 16.6. The molecule has 0 saturated carbocycles. The van der Waals surface area contributed by atoms with E-state index in [-0.39, 0.29) is 12.4 Å². The van der Waals surface area contributed by atoms with Crippen molar-refractivity contribution in [1.82, 2.24) is 10.6 Å². The Bertz CT molecular complexity index is 728. The topological polar surface area (TPSA) is 132 Å². The van der Waals surface area contributed by atoms with Crippen LogP contribution < -0.4 is 16.4 Å². The molecule has 1 rings (SSSR count). The fourth-order valence-corrected chi connectivity index (χ4v) is 1.95. The highest BCUT2D eigenvalue weighted by Gasteiger charge is 2.21. The molecule has 0 bridgehead atoms. The fourth-order valence-electron chi connectivity index (χ4n) is 1.95. The molecule has 0 aliphatic rings. The van der Waals surface area contributed by atoms with Gasteiger partial charge < -0.3 is 15.2 Å². The van der Waals surface area contributed by atoms with E-state index < -0.39 is 29.3 Å². The summed E-state index contributed by atoms with van der Waals surface area (Å²) in [5.41, 5.74) is 4.77. The zero-order valence-corrected chi connectivity index (χ0v) is 17.1. The molecule has 0 saturated heterocycles. The number of nitrogens with one attached hydrogen (secondary N) is 2. The van der Waals surface area contributed by atoms with Gasteiger partial charge in [0.15, 0.2) is 0 Å². The molecule has 1 aromatic rings. The molecule has 0 aliphatic heterocycles. The number of primary amides is 1. The van der Waals surface area contributed by atoms with Gasteiger partial charge in [-0.25, -0.2) is 14.6 Å². The second kappa shape index (κ2) is 9.20. The van der Waals surface area contributed by atoms with Crippen LogP contribution in [0.25, 0.3) is 0 Å². The van der Waals surface area contributed by atoms with Gasteiger partial charge in [-0.2, -0.15) is 0 Å². The predicted molar refractivity (Wildman–Crippen MR) is 105 cm³/mol. The molecule has 0 heterocycles. The third-order valence-corrected chi connectivity index (χ3v) is 2.77. The third-order valence-electron chi connectivity index (χ3n) is 2.77. The minimum absolute atomic E-state index is 0.0394. The molecule has 1 aromatic carbocycles. The number of nitrogens with two attached hydrogens (primary N) is 1. The Balaban J connectivity index is 3.08. The average molecular weight is 392 g/mol. The van der Waals surface area contributed by atoms with Crippen LogP contribution in [0.3, 0.4) is 0 Å². The van der Waals surface area contributed by atoms with Crippen LogP contribution in [-0.4, -0.2) is 35.3 Å². The van der Waals surface area contributed by atoms with Gasteiger partial charge in [0, 0.05) is 0 Å². The number of guanidine groups is 1. The number of rotatable bonds is 3. The number of carbonyl (C=O) groups is 3. The molecular formula is C19H28N4O5. The summed E-state index contributed by atoms with van der Waals surface area (Å²) in [5.74, 6) is -0.667. The maximum Gasteiger partial charge on any atom is 0.414 e. The number of hydrogen-bond donors (Lipinski definition) is 3. The normalized spacial score (nSPS) is 11.2. The van der Waals surface area contributed by atoms with Crippen LogP contribution in [0.2, 0.25) is 0 Å². The summed E-state index contributed by atoms with van der Waals surface area (Å²) >= 11 is 0. The van der Waals surface area contributed by atoms with Crippen molar-refractivity contribution in [2.24, 2.45) is 10.7 Å². The van der Waals surface area contributed by atoms with Crippen molar-refractivity contribution >= 4 is 29.7 Å². The van der Waals surface area contributed by atoms with E-state index >= 15 is 0 Å². The monoisotopic (exact) mass is 392 g/mol. The summed E-state index contributed by atoms with van der Waals surface area (Å²) in [5, 5.41) is 4.77. The minimum Gasteiger partial charge on any atom is -0.444 e. The predicted octanol–water partition coefficient (Wildman–Crippen LogP) is 2.75. The summed E-state index contributed by atoms with van der Waals surface area (Å²) in [4.78, 5) is 39.4. The summed E-state index contributed by atoms with van der Waals surface area (Å²) in [6.07, 6.45) is -1.55. The highest BCUT2D eigenvalue weighted by Crippen LogP contribution is 2.15. The summed E-state index contributed by atoms with van der Waals surface area (Å²) in [6, 6.07) is 6.64. The Morgan fingerprint density at radius 3 is 1.89 bits per heavy atom. The summed E-state index contributed by atoms with van der Waals surface area (Å²) in [7, 11) is 0. The van der Waals surface area contributed by atoms with Crippen LogP contribution in [0, 0.1) is 0 Å². The molecule has 0 atom stereocenters. The largest absolute Gasteiger partial charge is 0.444 e. The lowest BCUT2D eigenvalue weighted by molar-refractivity contribution is -0.117. The average Bonchev–Trinajstić information content (AvgIpc) is 2.42. The third kappa shape index (κ3) is 10.1. The Kier molecular flexibility index (Phi) is 7.54. The zero-order valence-electron chi connectivity index (χ0n) is 17.1. The molecule has 0 fully saturated rings. The molecule has 9 nitrogen and oxygen atoms in total. The van der Waals surface area contributed by atoms with Crippen molar-refractivity contribution in [3.8, 4) is 0 Å². The summed E-state index contributed by atoms with van der Waals surface area (Å²) in [6.45, 7) is 10.2. The van der Waals surface area contributed by atoms with Crippen LogP contribution in [0.4, 0.5) is 15.3 Å². The molecule has 9 heteroatoms. The first-order chi connectivity index (χ1) is 12.7. The van der Waals surface area contributed by atoms with Gasteiger partial charge in [-0.15, -0.1) is 0 Å². The van der Waals surface area contributed by atoms with Gasteiger partial charge in [-0.05, 0) is 59.2 Å². The Morgan fingerprint density at radius 1 is 0.964 bits per heavy atom. The zero-order chi connectivity index (χ0) is 21.5. The number of hydrogen-bond acceptors (Lipinski definition) is 6. The van der Waals surface area contributed by atoms with Gasteiger partial charge >= 0.3 is 12.2 Å². The Hall–Kier alpha value is -3.10. The van der Waals surface area contributed by atoms with Crippen LogP contribution in [-0.2, 0) is 20.7 Å². The quantitative estimate of drug-likeness (QED) is 0.537. The SMILES string of the molecule is CC(C)(C)OC(=O)NC(=Nc1cccc(CC(N)=O)c1)NC(=O)OC(C)(C)C. The molecule has 3 amide bonds. The van der Waals surface area contributed by atoms with Gasteiger partial charge in [0.1, 0.15) is 11.2 Å². The van der Waals surface area contributed by atoms with Gasteiger partial charge in [0.05, 0.1) is 12.1 Å². The van der Waals surface area contributed by atoms with Gasteiger partial charge in [0.25, 0.3) is 0 Å². The molecule has 28 heavy (non-hydrogen) atoms. The lowest BCUT2D eigenvalue weighted by atomic mass is 10.1. The smallest absolute Gasteiger partial charge is 0.414 e. The van der Waals surface area contributed by atoms with Gasteiger partial charge in [-0.3, -0.25) is 15.4 Å². The minimum atomic E-state index is -0.796. The first-order valence-corrected chi connectivity index (χ1v) is 8.69. The standard InChI is InChI=1S/C19H28N4O5/c1-18(2,3)27-16(25)22-15(23-17(26)28-19(4,5)6)21-13-9-7-8-12(10-13)11-14(20)24/h7-10H,11H2,1-6H3,(H2,20,24)(H2,21,22,23,25,26). The first-order valence-electron chi connectivity index (χ1n) is 8.69. The Labute approximate surface area is 164 Å². The molecule has 0 radical (unpaired) electrons. The molecule has 0 aromatic heterocycles. The lowest BCUT2D eigenvalue weighted by Crippen LogP contribution is -2.47. The number of alkyl carbamates (subject to hydrolysis) is 2. The van der Waals surface area contributed by atoms with E-state index in [1.165, 1.54) is 0 Å². The molecule has 0 spiro atoms. The van der Waals surface area contributed by atoms with Crippen molar-refractivity contribution in [2.45, 2.75) is 59.2 Å². The van der Waals surface area contributed by atoms with E-state index in [1.54, 1.807) is 65.8 Å². The lowest BCUT2D eigenvalue weighted by Gasteiger charge is -2.22. The fraction of sp³-hybridized carbons (Fsp3) is 0.474. The molecule has 4 N–H and O–H groups in total. The van der Waals surface area contributed by atoms with Crippen molar-refractivity contribution < 1.29 is 23.9 Å². The molecular weight excluding hydrogens is 364 g/mol. The number of ether oxygens (including phenoxy) is 2. The van der Waals surface area contributed by atoms with Crippen LogP contribution >= 0.6 is 0 Å². The van der Waals surface area contributed by atoms with Crippen LogP contribution in [0.1, 0.15) is 47.1 Å². The second-order valence-electron chi connectivity index (χ2n) is 8.03. The van der Waals surface area contributed by atoms with E-state index in [2.05, 4.69) is 15.6 Å². The maximum absolute atomic E-state index is 12.1. The van der Waals surface area contributed by atoms with Crippen molar-refractivity contribution in [3.63, 3.8) is 0 Å². The van der Waals surface area contributed by atoms with Crippen molar-refractivity contribution in [3.05, 3.63) is 29.8 Å². The van der Waals surface area contributed by atoms with Gasteiger partial charge in [0.2, 0.25) is 11.9 Å². The second-order valence-corrected chi connectivity index (χ2v) is 8.03. The molecule has 0 aliphatic carbocycles. The van der Waals surface area contributed by atoms with E-state index in [0.717, 1.165) is 0 Å². The van der Waals surface area contributed by atoms with E-state index in [0.29, 0.717) is 11.3 Å². The number of nitrogens with zero attached hydrogens (tertiary/aromatic N) is 1. The highest BCUT2D eigenvalue weighted by molar-refractivity contribution is 6.02. The maximum atomic E-state index is 12.1. The number of aliphatic imine (C=N–C) groups is 1. The first kappa shape index (κ1) is 22.9. The van der Waals surface area contributed by atoms with Gasteiger partial charge in [-0.1, -0.05) is 12.1 Å². The van der Waals surface area contributed by atoms with E-state index in [1.807, 2.05) is 0 Å². The number of amides is 3. The van der Waals surface area contributed by atoms with Crippen molar-refractivity contribution in [2.75, 3.05) is 0 Å². The Morgan fingerprint density at radius 2 is 1.46 bits per heavy atom. The number of benzene rings is 1. The van der Waals surface area contributed by atoms with Crippen molar-refractivity contribution in [1.29, 1.82) is 0 Å². The molecule has 0 unspecified atom stereocenters. The van der Waals surface area contributed by atoms with E-state index in [9.17, 15) is 14.4 Å². The number of carbonyl (C=O) groups excluding carboxylic acids is 3. The van der Waals surface area contributed by atoms with Crippen LogP contribution in [0.15, 0.2) is 29.3 Å².